The number of ketones is 1. The molecule has 0 unspecified atom stereocenters. The number of nitrogens with one attached hydrogen (secondary N) is 1. The molecule has 1 N–H and O–H groups in total. The molecule has 0 spiro atoms. The summed E-state index contributed by atoms with van der Waals surface area (Å²) < 4.78 is 37.3. The monoisotopic (exact) mass is 321 g/mol. The number of carbonyl (C=O) groups excluding carboxylic acids is 2. The van der Waals surface area contributed by atoms with E-state index in [9.17, 15) is 22.8 Å². The van der Waals surface area contributed by atoms with E-state index >= 15 is 0 Å². The van der Waals surface area contributed by atoms with Crippen LogP contribution in [0.15, 0.2) is 17.4 Å². The van der Waals surface area contributed by atoms with Gasteiger partial charge in [0.1, 0.15) is 5.71 Å². The minimum atomic E-state index is -4.56. The standard InChI is InChI=1S/C12H11ClF3N3O2/c1-6(7(2)20)18-19-11(21)4-10-9(13)3-8(5-17-10)12(14,15)16/h3,5H,4H2,1-2H3,(H,19,21)/b18-6+. The van der Waals surface area contributed by atoms with Crippen molar-refractivity contribution in [2.24, 2.45) is 5.10 Å². The topological polar surface area (TPSA) is 71.4 Å². The Morgan fingerprint density at radius 3 is 2.48 bits per heavy atom. The number of pyridine rings is 1. The fourth-order valence-corrected chi connectivity index (χ4v) is 1.40. The Labute approximate surface area is 123 Å². The van der Waals surface area contributed by atoms with Crippen molar-refractivity contribution in [1.29, 1.82) is 0 Å². The third-order valence-corrected chi connectivity index (χ3v) is 2.76. The Kier molecular flexibility index (Phi) is 5.42. The highest BCUT2D eigenvalue weighted by molar-refractivity contribution is 6.38. The number of alkyl halides is 3. The first-order chi connectivity index (χ1) is 9.61. The molecule has 1 amide bonds. The first kappa shape index (κ1) is 17.1. The van der Waals surface area contributed by atoms with Gasteiger partial charge >= 0.3 is 6.18 Å². The van der Waals surface area contributed by atoms with E-state index in [1.807, 2.05) is 0 Å². The van der Waals surface area contributed by atoms with Crippen LogP contribution in [-0.2, 0) is 22.2 Å². The van der Waals surface area contributed by atoms with E-state index in [1.54, 1.807) is 0 Å². The van der Waals surface area contributed by atoms with E-state index in [-0.39, 0.29) is 28.6 Å². The molecule has 0 aliphatic carbocycles. The van der Waals surface area contributed by atoms with Crippen molar-refractivity contribution >= 4 is 29.0 Å². The van der Waals surface area contributed by atoms with E-state index in [1.165, 1.54) is 13.8 Å². The lowest BCUT2D eigenvalue weighted by Gasteiger charge is -2.08. The van der Waals surface area contributed by atoms with Crippen LogP contribution in [0.1, 0.15) is 25.1 Å². The molecule has 0 aliphatic rings. The minimum Gasteiger partial charge on any atom is -0.293 e. The summed E-state index contributed by atoms with van der Waals surface area (Å²) in [5.41, 5.74) is 1.17. The number of hydrogen-bond donors (Lipinski definition) is 1. The van der Waals surface area contributed by atoms with Gasteiger partial charge < -0.3 is 0 Å². The molecule has 114 valence electrons. The van der Waals surface area contributed by atoms with Crippen molar-refractivity contribution in [2.75, 3.05) is 0 Å². The summed E-state index contributed by atoms with van der Waals surface area (Å²) in [5, 5.41) is 3.25. The van der Waals surface area contributed by atoms with Crippen molar-refractivity contribution in [1.82, 2.24) is 10.4 Å². The van der Waals surface area contributed by atoms with E-state index in [0.717, 1.165) is 0 Å². The van der Waals surface area contributed by atoms with Gasteiger partial charge in [-0.25, -0.2) is 5.43 Å². The minimum absolute atomic E-state index is 0.0159. The lowest BCUT2D eigenvalue weighted by atomic mass is 10.2. The predicted molar refractivity (Wildman–Crippen MR) is 69.9 cm³/mol. The zero-order chi connectivity index (χ0) is 16.2. The molecular formula is C12H11ClF3N3O2. The molecule has 21 heavy (non-hydrogen) atoms. The summed E-state index contributed by atoms with van der Waals surface area (Å²) in [6.07, 6.45) is -4.31. The van der Waals surface area contributed by atoms with Crippen LogP contribution < -0.4 is 5.43 Å². The summed E-state index contributed by atoms with van der Waals surface area (Å²) in [6.45, 7) is 2.69. The van der Waals surface area contributed by atoms with Crippen molar-refractivity contribution < 1.29 is 22.8 Å². The second kappa shape index (κ2) is 6.66. The first-order valence-corrected chi connectivity index (χ1v) is 6.04. The summed E-state index contributed by atoms with van der Waals surface area (Å²) in [5.74, 6) is -0.967. The summed E-state index contributed by atoms with van der Waals surface area (Å²) in [4.78, 5) is 25.9. The molecule has 0 fully saturated rings. The van der Waals surface area contributed by atoms with Gasteiger partial charge in [-0.15, -0.1) is 0 Å². The van der Waals surface area contributed by atoms with Crippen LogP contribution >= 0.6 is 11.6 Å². The summed E-state index contributed by atoms with van der Waals surface area (Å²) in [6, 6.07) is 0.696. The van der Waals surface area contributed by atoms with Crippen LogP contribution in [-0.4, -0.2) is 22.4 Å². The Balaban J connectivity index is 2.78. The lowest BCUT2D eigenvalue weighted by molar-refractivity contribution is -0.137. The largest absolute Gasteiger partial charge is 0.417 e. The second-order valence-electron chi connectivity index (χ2n) is 4.12. The first-order valence-electron chi connectivity index (χ1n) is 5.67. The van der Waals surface area contributed by atoms with Gasteiger partial charge in [-0.05, 0) is 13.0 Å². The van der Waals surface area contributed by atoms with Gasteiger partial charge in [0.15, 0.2) is 5.78 Å². The van der Waals surface area contributed by atoms with Crippen molar-refractivity contribution in [3.05, 3.63) is 28.5 Å². The van der Waals surface area contributed by atoms with E-state index in [0.29, 0.717) is 12.3 Å². The lowest BCUT2D eigenvalue weighted by Crippen LogP contribution is -2.23. The number of halogens is 4. The molecule has 0 radical (unpaired) electrons. The zero-order valence-electron chi connectivity index (χ0n) is 11.1. The SMILES string of the molecule is CC(=O)/C(C)=N/NC(=O)Cc1ncc(C(F)(F)F)cc1Cl. The molecule has 0 atom stereocenters. The fraction of sp³-hybridized carbons (Fsp3) is 0.333. The Morgan fingerprint density at radius 1 is 1.38 bits per heavy atom. The van der Waals surface area contributed by atoms with Crippen LogP contribution in [0, 0.1) is 0 Å². The molecule has 0 aromatic carbocycles. The fourth-order valence-electron chi connectivity index (χ4n) is 1.17. The Hall–Kier alpha value is -1.96. The molecule has 0 saturated heterocycles. The van der Waals surface area contributed by atoms with Crippen molar-refractivity contribution in [3.63, 3.8) is 0 Å². The van der Waals surface area contributed by atoms with Gasteiger partial charge in [-0.1, -0.05) is 11.6 Å². The van der Waals surface area contributed by atoms with E-state index in [4.69, 9.17) is 11.6 Å². The normalized spacial score (nSPS) is 12.2. The Bertz CT molecular complexity index is 600. The number of amides is 1. The number of nitrogens with zero attached hydrogens (tertiary/aromatic N) is 2. The highest BCUT2D eigenvalue weighted by Crippen LogP contribution is 2.31. The summed E-state index contributed by atoms with van der Waals surface area (Å²) in [7, 11) is 0. The average Bonchev–Trinajstić information content (AvgIpc) is 2.36. The van der Waals surface area contributed by atoms with Crippen LogP contribution in [0.25, 0.3) is 0 Å². The quantitative estimate of drug-likeness (QED) is 0.683. The molecular weight excluding hydrogens is 311 g/mol. The van der Waals surface area contributed by atoms with Crippen LogP contribution in [0.3, 0.4) is 0 Å². The molecule has 1 aromatic rings. The number of rotatable bonds is 4. The third-order valence-electron chi connectivity index (χ3n) is 2.43. The molecule has 1 aromatic heterocycles. The molecule has 0 aliphatic heterocycles. The van der Waals surface area contributed by atoms with E-state index in [2.05, 4.69) is 15.5 Å². The predicted octanol–water partition coefficient (Wildman–Crippen LogP) is 2.38. The van der Waals surface area contributed by atoms with Crippen molar-refractivity contribution in [2.45, 2.75) is 26.4 Å². The molecule has 0 saturated carbocycles. The van der Waals surface area contributed by atoms with Gasteiger partial charge in [-0.3, -0.25) is 14.6 Å². The number of Topliss-reactive ketones (excluding diaryl/α,β-unsaturated/α-hetero) is 1. The van der Waals surface area contributed by atoms with Gasteiger partial charge in [-0.2, -0.15) is 18.3 Å². The van der Waals surface area contributed by atoms with Gasteiger partial charge in [0.25, 0.3) is 0 Å². The highest BCUT2D eigenvalue weighted by atomic mass is 35.5. The van der Waals surface area contributed by atoms with Gasteiger partial charge in [0.2, 0.25) is 5.91 Å². The smallest absolute Gasteiger partial charge is 0.293 e. The third kappa shape index (κ3) is 5.14. The second-order valence-corrected chi connectivity index (χ2v) is 4.52. The molecule has 0 bridgehead atoms. The van der Waals surface area contributed by atoms with E-state index < -0.39 is 17.6 Å². The molecule has 1 heterocycles. The maximum Gasteiger partial charge on any atom is 0.417 e. The maximum absolute atomic E-state index is 12.4. The zero-order valence-corrected chi connectivity index (χ0v) is 11.8. The van der Waals surface area contributed by atoms with Crippen LogP contribution in [0.2, 0.25) is 5.02 Å². The number of hydrogen-bond acceptors (Lipinski definition) is 4. The van der Waals surface area contributed by atoms with Gasteiger partial charge in [0.05, 0.1) is 22.7 Å². The number of carbonyl (C=O) groups is 2. The average molecular weight is 322 g/mol. The molecule has 9 heteroatoms. The van der Waals surface area contributed by atoms with Crippen LogP contribution in [0.5, 0.6) is 0 Å². The highest BCUT2D eigenvalue weighted by Gasteiger charge is 2.31. The van der Waals surface area contributed by atoms with Crippen molar-refractivity contribution in [3.8, 4) is 0 Å². The Morgan fingerprint density at radius 2 is 2.00 bits per heavy atom. The molecule has 1 rings (SSSR count). The number of aromatic nitrogens is 1. The van der Waals surface area contributed by atoms with Crippen LogP contribution in [0.4, 0.5) is 13.2 Å². The molecule has 5 nitrogen and oxygen atoms in total. The maximum atomic E-state index is 12.4. The summed E-state index contributed by atoms with van der Waals surface area (Å²) >= 11 is 5.66. The van der Waals surface area contributed by atoms with Gasteiger partial charge in [0, 0.05) is 13.1 Å². The number of hydrazone groups is 1.